The molecule has 0 spiro atoms. The van der Waals surface area contributed by atoms with Gasteiger partial charge >= 0.3 is 5.97 Å². The summed E-state index contributed by atoms with van der Waals surface area (Å²) in [7, 11) is 0. The molecule has 0 aliphatic rings. The van der Waals surface area contributed by atoms with E-state index in [1.165, 1.54) is 0 Å². The quantitative estimate of drug-likeness (QED) is 0.419. The topological polar surface area (TPSA) is 64.6 Å². The smallest absolute Gasteiger partial charge is 0.308 e. The minimum atomic E-state index is -0.237. The zero-order valence-corrected chi connectivity index (χ0v) is 11.3. The van der Waals surface area contributed by atoms with Crippen LogP contribution in [-0.4, -0.2) is 25.1 Å². The number of nitrogens with one attached hydrogen (secondary N) is 1. The molecule has 1 amide bonds. The number of amides is 1. The van der Waals surface area contributed by atoms with Crippen molar-refractivity contribution in [1.29, 1.82) is 0 Å². The molecular formula is C12H23NO4. The van der Waals surface area contributed by atoms with E-state index >= 15 is 0 Å². The predicted molar refractivity (Wildman–Crippen MR) is 63.9 cm³/mol. The third-order valence-corrected chi connectivity index (χ3v) is 2.50. The lowest BCUT2D eigenvalue weighted by Gasteiger charge is -2.14. The van der Waals surface area contributed by atoms with Crippen molar-refractivity contribution in [3.63, 3.8) is 0 Å². The molecule has 0 rings (SSSR count). The number of carbonyl (C=O) groups is 2. The van der Waals surface area contributed by atoms with Gasteiger partial charge in [0.05, 0.1) is 5.92 Å². The van der Waals surface area contributed by atoms with Crippen LogP contribution in [0.4, 0.5) is 0 Å². The molecule has 0 bridgehead atoms. The van der Waals surface area contributed by atoms with Crippen molar-refractivity contribution < 1.29 is 19.2 Å². The number of ether oxygens (including phenoxy) is 1. The Morgan fingerprint density at radius 1 is 1.06 bits per heavy atom. The number of esters is 1. The van der Waals surface area contributed by atoms with E-state index in [4.69, 9.17) is 9.57 Å². The van der Waals surface area contributed by atoms with Gasteiger partial charge in [-0.05, 0) is 5.92 Å². The van der Waals surface area contributed by atoms with Crippen molar-refractivity contribution in [2.45, 2.75) is 34.6 Å². The summed E-state index contributed by atoms with van der Waals surface area (Å²) in [5.74, 6) is -0.423. The zero-order chi connectivity index (χ0) is 13.4. The van der Waals surface area contributed by atoms with Gasteiger partial charge in [-0.3, -0.25) is 14.4 Å². The summed E-state index contributed by atoms with van der Waals surface area (Å²) in [6.45, 7) is 9.60. The summed E-state index contributed by atoms with van der Waals surface area (Å²) in [5, 5.41) is 0. The summed E-state index contributed by atoms with van der Waals surface area (Å²) in [6.07, 6.45) is 0. The summed E-state index contributed by atoms with van der Waals surface area (Å²) in [5.41, 5.74) is 2.28. The van der Waals surface area contributed by atoms with Crippen LogP contribution < -0.4 is 5.48 Å². The Hall–Kier alpha value is -1.10. The van der Waals surface area contributed by atoms with Crippen molar-refractivity contribution in [1.82, 2.24) is 5.48 Å². The van der Waals surface area contributed by atoms with Crippen LogP contribution in [0, 0.1) is 17.8 Å². The van der Waals surface area contributed by atoms with Crippen molar-refractivity contribution in [3.8, 4) is 0 Å². The summed E-state index contributed by atoms with van der Waals surface area (Å²) in [4.78, 5) is 27.4. The molecule has 1 atom stereocenters. The van der Waals surface area contributed by atoms with Gasteiger partial charge in [-0.25, -0.2) is 5.48 Å². The Morgan fingerprint density at radius 3 is 2.12 bits per heavy atom. The molecule has 0 aromatic carbocycles. The van der Waals surface area contributed by atoms with Crippen molar-refractivity contribution >= 4 is 11.9 Å². The Bertz CT molecular complexity index is 251. The third-order valence-electron chi connectivity index (χ3n) is 2.50. The highest BCUT2D eigenvalue weighted by Gasteiger charge is 2.17. The second-order valence-corrected chi connectivity index (χ2v) is 4.67. The van der Waals surface area contributed by atoms with Gasteiger partial charge in [0.15, 0.2) is 0 Å². The molecule has 17 heavy (non-hydrogen) atoms. The van der Waals surface area contributed by atoms with Gasteiger partial charge in [-0.1, -0.05) is 34.6 Å². The van der Waals surface area contributed by atoms with E-state index < -0.39 is 0 Å². The van der Waals surface area contributed by atoms with Crippen LogP contribution >= 0.6 is 0 Å². The molecular weight excluding hydrogens is 222 g/mol. The van der Waals surface area contributed by atoms with Crippen LogP contribution in [0.5, 0.6) is 0 Å². The molecule has 0 saturated carbocycles. The first-order valence-electron chi connectivity index (χ1n) is 5.94. The monoisotopic (exact) mass is 245 g/mol. The standard InChI is InChI=1S/C12H23NO4/c1-8(2)10(5)12(15)16-6-7-17-13-11(14)9(3)4/h8-10H,6-7H2,1-5H3,(H,13,14)/t10-/m0/s1. The lowest BCUT2D eigenvalue weighted by atomic mass is 9.99. The maximum absolute atomic E-state index is 11.4. The highest BCUT2D eigenvalue weighted by molar-refractivity contribution is 5.76. The number of carbonyl (C=O) groups excluding carboxylic acids is 2. The van der Waals surface area contributed by atoms with Crippen molar-refractivity contribution in [2.24, 2.45) is 17.8 Å². The summed E-state index contributed by atoms with van der Waals surface area (Å²) >= 11 is 0. The first kappa shape index (κ1) is 15.9. The van der Waals surface area contributed by atoms with Crippen LogP contribution in [-0.2, 0) is 19.2 Å². The fourth-order valence-corrected chi connectivity index (χ4v) is 0.828. The number of hydrogen-bond acceptors (Lipinski definition) is 4. The van der Waals surface area contributed by atoms with Crippen molar-refractivity contribution in [2.75, 3.05) is 13.2 Å². The molecule has 0 fully saturated rings. The van der Waals surface area contributed by atoms with Crippen LogP contribution in [0.1, 0.15) is 34.6 Å². The number of hydroxylamine groups is 1. The third kappa shape index (κ3) is 6.94. The minimum Gasteiger partial charge on any atom is -0.463 e. The predicted octanol–water partition coefficient (Wildman–Crippen LogP) is 1.53. The molecule has 0 aliphatic carbocycles. The first-order valence-corrected chi connectivity index (χ1v) is 5.94. The van der Waals surface area contributed by atoms with E-state index in [0.29, 0.717) is 0 Å². The lowest BCUT2D eigenvalue weighted by Crippen LogP contribution is -2.30. The van der Waals surface area contributed by atoms with E-state index in [-0.39, 0.29) is 42.8 Å². The molecule has 0 radical (unpaired) electrons. The first-order chi connectivity index (χ1) is 7.86. The van der Waals surface area contributed by atoms with Gasteiger partial charge in [0.2, 0.25) is 5.91 Å². The van der Waals surface area contributed by atoms with Crippen molar-refractivity contribution in [3.05, 3.63) is 0 Å². The van der Waals surface area contributed by atoms with Gasteiger partial charge in [0.1, 0.15) is 13.2 Å². The molecule has 5 nitrogen and oxygen atoms in total. The minimum absolute atomic E-state index is 0.125. The molecule has 0 aromatic heterocycles. The van der Waals surface area contributed by atoms with Crippen LogP contribution in [0.15, 0.2) is 0 Å². The molecule has 5 heteroatoms. The largest absolute Gasteiger partial charge is 0.463 e. The van der Waals surface area contributed by atoms with E-state index in [2.05, 4.69) is 5.48 Å². The molecule has 0 heterocycles. The zero-order valence-electron chi connectivity index (χ0n) is 11.3. The molecule has 0 aromatic rings. The Labute approximate surface area is 103 Å². The van der Waals surface area contributed by atoms with Crippen LogP contribution in [0.2, 0.25) is 0 Å². The summed E-state index contributed by atoms with van der Waals surface area (Å²) < 4.78 is 4.99. The second kappa shape index (κ2) is 8.06. The fourth-order valence-electron chi connectivity index (χ4n) is 0.828. The molecule has 0 aliphatic heterocycles. The van der Waals surface area contributed by atoms with E-state index in [1.807, 2.05) is 20.8 Å². The second-order valence-electron chi connectivity index (χ2n) is 4.67. The Morgan fingerprint density at radius 2 is 1.65 bits per heavy atom. The summed E-state index contributed by atoms with van der Waals surface area (Å²) in [6, 6.07) is 0. The van der Waals surface area contributed by atoms with Gasteiger partial charge in [-0.2, -0.15) is 0 Å². The molecule has 0 unspecified atom stereocenters. The highest BCUT2D eigenvalue weighted by Crippen LogP contribution is 2.10. The normalized spacial score (nSPS) is 12.6. The SMILES string of the molecule is CC(C)C(=O)NOCCOC(=O)[C@@H](C)C(C)C. The average molecular weight is 245 g/mol. The van der Waals surface area contributed by atoms with E-state index in [1.54, 1.807) is 13.8 Å². The maximum atomic E-state index is 11.4. The van der Waals surface area contributed by atoms with E-state index in [9.17, 15) is 9.59 Å². The average Bonchev–Trinajstić information content (AvgIpc) is 2.26. The van der Waals surface area contributed by atoms with Gasteiger partial charge in [0.25, 0.3) is 0 Å². The molecule has 0 saturated heterocycles. The van der Waals surface area contributed by atoms with Crippen LogP contribution in [0.25, 0.3) is 0 Å². The van der Waals surface area contributed by atoms with E-state index in [0.717, 1.165) is 0 Å². The lowest BCUT2D eigenvalue weighted by molar-refractivity contribution is -0.153. The number of rotatable bonds is 7. The Kier molecular flexibility index (Phi) is 7.54. The van der Waals surface area contributed by atoms with Gasteiger partial charge < -0.3 is 4.74 Å². The van der Waals surface area contributed by atoms with Gasteiger partial charge in [0, 0.05) is 5.92 Å². The molecule has 100 valence electrons. The maximum Gasteiger partial charge on any atom is 0.308 e. The Balaban J connectivity index is 3.59. The van der Waals surface area contributed by atoms with Gasteiger partial charge in [-0.15, -0.1) is 0 Å². The number of hydrogen-bond donors (Lipinski definition) is 1. The highest BCUT2D eigenvalue weighted by atomic mass is 16.7. The molecule has 1 N–H and O–H groups in total. The fraction of sp³-hybridized carbons (Fsp3) is 0.833. The van der Waals surface area contributed by atoms with Crippen LogP contribution in [0.3, 0.4) is 0 Å².